The Morgan fingerprint density at radius 3 is 2.92 bits per heavy atom. The zero-order chi connectivity index (χ0) is 18.0. The van der Waals surface area contributed by atoms with Gasteiger partial charge in [0.15, 0.2) is 0 Å². The molecule has 1 N–H and O–H groups in total. The number of hydrogen-bond acceptors (Lipinski definition) is 5. The van der Waals surface area contributed by atoms with E-state index < -0.39 is 5.69 Å². The van der Waals surface area contributed by atoms with Crippen molar-refractivity contribution in [3.63, 3.8) is 0 Å². The largest absolute Gasteiger partial charge is 0.496 e. The third kappa shape index (κ3) is 3.08. The van der Waals surface area contributed by atoms with Gasteiger partial charge in [0.25, 0.3) is 0 Å². The lowest BCUT2D eigenvalue weighted by atomic mass is 10.2. The lowest BCUT2D eigenvalue weighted by Gasteiger charge is -2.16. The molecule has 0 aliphatic rings. The molecule has 0 aliphatic carbocycles. The van der Waals surface area contributed by atoms with E-state index in [1.54, 1.807) is 19.4 Å². The van der Waals surface area contributed by atoms with Crippen LogP contribution in [-0.4, -0.2) is 28.2 Å². The zero-order valence-electron chi connectivity index (χ0n) is 13.7. The second-order valence-electron chi connectivity index (χ2n) is 5.25. The van der Waals surface area contributed by atoms with Crippen LogP contribution < -0.4 is 15.7 Å². The minimum Gasteiger partial charge on any atom is -0.496 e. The first-order valence-corrected chi connectivity index (χ1v) is 8.25. The molecule has 3 rings (SSSR count). The van der Waals surface area contributed by atoms with Crippen LogP contribution in [0.3, 0.4) is 0 Å². The SMILES string of the molecule is C#CCNc1nc(=O)n(-c2cccnc2C)c2cc(Br)cc(OC)c12. The Kier molecular flexibility index (Phi) is 4.72. The topological polar surface area (TPSA) is 69.0 Å². The number of rotatable bonds is 4. The van der Waals surface area contributed by atoms with Crippen LogP contribution in [0.1, 0.15) is 5.69 Å². The summed E-state index contributed by atoms with van der Waals surface area (Å²) in [6, 6.07) is 7.26. The molecule has 0 spiro atoms. The first kappa shape index (κ1) is 17.0. The standard InChI is InChI=1S/C18H15BrN4O2/c1-4-7-21-17-16-14(9-12(19)10-15(16)25-3)23(18(24)22-17)13-6-5-8-20-11(13)2/h1,5-6,8-10H,7H2,2-3H3,(H,21,22,24). The molecule has 2 aromatic heterocycles. The van der Waals surface area contributed by atoms with Crippen molar-refractivity contribution in [2.75, 3.05) is 19.0 Å². The maximum absolute atomic E-state index is 12.8. The van der Waals surface area contributed by atoms with E-state index in [1.165, 1.54) is 4.57 Å². The maximum atomic E-state index is 12.8. The number of terminal acetylenes is 1. The van der Waals surface area contributed by atoms with Gasteiger partial charge in [0.05, 0.1) is 35.9 Å². The van der Waals surface area contributed by atoms with Crippen molar-refractivity contribution in [2.24, 2.45) is 0 Å². The highest BCUT2D eigenvalue weighted by molar-refractivity contribution is 9.10. The van der Waals surface area contributed by atoms with Crippen molar-refractivity contribution in [3.8, 4) is 23.8 Å². The molecular formula is C18H15BrN4O2. The normalized spacial score (nSPS) is 10.5. The third-order valence-corrected chi connectivity index (χ3v) is 4.18. The van der Waals surface area contributed by atoms with Crippen LogP contribution in [0.2, 0.25) is 0 Å². The smallest absolute Gasteiger partial charge is 0.354 e. The lowest BCUT2D eigenvalue weighted by Crippen LogP contribution is -2.24. The molecule has 0 fully saturated rings. The van der Waals surface area contributed by atoms with E-state index >= 15 is 0 Å². The minimum absolute atomic E-state index is 0.247. The van der Waals surface area contributed by atoms with Crippen LogP contribution in [0, 0.1) is 19.3 Å². The summed E-state index contributed by atoms with van der Waals surface area (Å²) in [5, 5.41) is 3.66. The van der Waals surface area contributed by atoms with E-state index in [4.69, 9.17) is 11.2 Å². The molecule has 0 atom stereocenters. The molecule has 0 amide bonds. The highest BCUT2D eigenvalue weighted by Gasteiger charge is 2.17. The molecule has 126 valence electrons. The van der Waals surface area contributed by atoms with Gasteiger partial charge in [-0.3, -0.25) is 9.55 Å². The lowest BCUT2D eigenvalue weighted by molar-refractivity contribution is 0.419. The Morgan fingerprint density at radius 1 is 1.44 bits per heavy atom. The number of nitrogens with one attached hydrogen (secondary N) is 1. The molecule has 0 saturated carbocycles. The molecule has 0 aliphatic heterocycles. The molecule has 0 bridgehead atoms. The summed E-state index contributed by atoms with van der Waals surface area (Å²) in [4.78, 5) is 21.2. The molecule has 7 heteroatoms. The van der Waals surface area contributed by atoms with Gasteiger partial charge < -0.3 is 10.1 Å². The second-order valence-corrected chi connectivity index (χ2v) is 6.16. The molecule has 6 nitrogen and oxygen atoms in total. The van der Waals surface area contributed by atoms with Gasteiger partial charge in [0.1, 0.15) is 11.6 Å². The Bertz CT molecular complexity index is 1050. The van der Waals surface area contributed by atoms with Crippen LogP contribution in [0.25, 0.3) is 16.6 Å². The van der Waals surface area contributed by atoms with E-state index in [0.29, 0.717) is 28.2 Å². The summed E-state index contributed by atoms with van der Waals surface area (Å²) in [7, 11) is 1.57. The number of ether oxygens (including phenoxy) is 1. The number of anilines is 1. The highest BCUT2D eigenvalue weighted by atomic mass is 79.9. The van der Waals surface area contributed by atoms with Crippen molar-refractivity contribution in [2.45, 2.75) is 6.92 Å². The molecule has 3 aromatic rings. The number of fused-ring (bicyclic) bond motifs is 1. The molecular weight excluding hydrogens is 384 g/mol. The van der Waals surface area contributed by atoms with Crippen molar-refractivity contribution in [1.29, 1.82) is 0 Å². The summed E-state index contributed by atoms with van der Waals surface area (Å²) in [6.45, 7) is 2.09. The first-order valence-electron chi connectivity index (χ1n) is 7.46. The quantitative estimate of drug-likeness (QED) is 0.684. The van der Waals surface area contributed by atoms with Crippen molar-refractivity contribution < 1.29 is 4.74 Å². The van der Waals surface area contributed by atoms with E-state index in [-0.39, 0.29) is 6.54 Å². The fourth-order valence-electron chi connectivity index (χ4n) is 2.66. The Balaban J connectivity index is 2.46. The minimum atomic E-state index is -0.428. The van der Waals surface area contributed by atoms with Crippen LogP contribution in [0.4, 0.5) is 5.82 Å². The molecule has 2 heterocycles. The Morgan fingerprint density at radius 2 is 2.24 bits per heavy atom. The molecule has 0 radical (unpaired) electrons. The second kappa shape index (κ2) is 6.95. The van der Waals surface area contributed by atoms with E-state index in [2.05, 4.69) is 37.1 Å². The number of aryl methyl sites for hydroxylation is 1. The van der Waals surface area contributed by atoms with Gasteiger partial charge in [0.2, 0.25) is 0 Å². The van der Waals surface area contributed by atoms with Crippen molar-refractivity contribution >= 4 is 32.7 Å². The summed E-state index contributed by atoms with van der Waals surface area (Å²) < 4.78 is 7.80. The van der Waals surface area contributed by atoms with Gasteiger partial charge in [-0.1, -0.05) is 21.9 Å². The number of methoxy groups -OCH3 is 1. The monoisotopic (exact) mass is 398 g/mol. The fourth-order valence-corrected chi connectivity index (χ4v) is 3.08. The summed E-state index contributed by atoms with van der Waals surface area (Å²) >= 11 is 3.47. The van der Waals surface area contributed by atoms with Crippen LogP contribution in [0.15, 0.2) is 39.7 Å². The van der Waals surface area contributed by atoms with E-state index in [1.807, 2.05) is 25.1 Å². The van der Waals surface area contributed by atoms with E-state index in [9.17, 15) is 4.79 Å². The first-order chi connectivity index (χ1) is 12.1. The highest BCUT2D eigenvalue weighted by Crippen LogP contribution is 2.34. The number of halogens is 1. The summed E-state index contributed by atoms with van der Waals surface area (Å²) in [5.74, 6) is 3.45. The number of nitrogens with zero attached hydrogens (tertiary/aromatic N) is 3. The molecule has 1 aromatic carbocycles. The van der Waals surface area contributed by atoms with Gasteiger partial charge in [0, 0.05) is 10.7 Å². The van der Waals surface area contributed by atoms with E-state index in [0.717, 1.165) is 10.2 Å². The number of aromatic nitrogens is 3. The van der Waals surface area contributed by atoms with Gasteiger partial charge in [-0.05, 0) is 31.2 Å². The zero-order valence-corrected chi connectivity index (χ0v) is 15.3. The van der Waals surface area contributed by atoms with Gasteiger partial charge in [-0.25, -0.2) is 4.79 Å². The average molecular weight is 399 g/mol. The summed E-state index contributed by atoms with van der Waals surface area (Å²) in [5.41, 5.74) is 1.59. The third-order valence-electron chi connectivity index (χ3n) is 3.72. The van der Waals surface area contributed by atoms with Crippen molar-refractivity contribution in [3.05, 3.63) is 51.1 Å². The maximum Gasteiger partial charge on any atom is 0.354 e. The molecule has 25 heavy (non-hydrogen) atoms. The predicted octanol–water partition coefficient (Wildman–Crippen LogP) is 2.91. The number of benzene rings is 1. The number of pyridine rings is 1. The molecule has 0 unspecified atom stereocenters. The van der Waals surface area contributed by atoms with Gasteiger partial charge in [-0.15, -0.1) is 6.42 Å². The van der Waals surface area contributed by atoms with Crippen LogP contribution >= 0.6 is 15.9 Å². The Labute approximate surface area is 153 Å². The number of hydrogen-bond donors (Lipinski definition) is 1. The molecule has 0 saturated heterocycles. The van der Waals surface area contributed by atoms with Crippen LogP contribution in [-0.2, 0) is 0 Å². The fraction of sp³-hybridized carbons (Fsp3) is 0.167. The predicted molar refractivity (Wildman–Crippen MR) is 101 cm³/mol. The van der Waals surface area contributed by atoms with Gasteiger partial charge >= 0.3 is 5.69 Å². The van der Waals surface area contributed by atoms with Gasteiger partial charge in [-0.2, -0.15) is 4.98 Å². The van der Waals surface area contributed by atoms with Crippen molar-refractivity contribution in [1.82, 2.24) is 14.5 Å². The Hall–Kier alpha value is -2.85. The van der Waals surface area contributed by atoms with Crippen LogP contribution in [0.5, 0.6) is 5.75 Å². The summed E-state index contributed by atoms with van der Waals surface area (Å²) in [6.07, 6.45) is 7.00. The average Bonchev–Trinajstić information content (AvgIpc) is 2.60.